The van der Waals surface area contributed by atoms with Crippen LogP contribution in [0.25, 0.3) is 0 Å². The molecule has 2 rings (SSSR count). The summed E-state index contributed by atoms with van der Waals surface area (Å²) in [7, 11) is -1.98. The molecule has 0 atom stereocenters. The molecular formula is C12H23N5O2S. The second-order valence-corrected chi connectivity index (χ2v) is 7.17. The van der Waals surface area contributed by atoms with Gasteiger partial charge in [0.1, 0.15) is 0 Å². The van der Waals surface area contributed by atoms with E-state index in [0.29, 0.717) is 17.8 Å². The number of nitrogens with one attached hydrogen (secondary N) is 1. The number of aromatic amines is 1. The molecule has 0 aliphatic carbocycles. The molecule has 8 heteroatoms. The number of aryl methyl sites for hydroxylation is 1. The number of rotatable bonds is 6. The van der Waals surface area contributed by atoms with E-state index in [0.717, 1.165) is 19.6 Å². The number of nitrogens with two attached hydrogens (primary N) is 1. The smallest absolute Gasteiger partial charge is 0.262 e. The number of H-pyrrole nitrogens is 1. The lowest BCUT2D eigenvalue weighted by molar-refractivity contribution is 0.309. The van der Waals surface area contributed by atoms with Crippen molar-refractivity contribution in [2.45, 2.75) is 31.3 Å². The lowest BCUT2D eigenvalue weighted by atomic mass is 10.3. The third-order valence-electron chi connectivity index (χ3n) is 3.82. The van der Waals surface area contributed by atoms with Crippen molar-refractivity contribution in [1.29, 1.82) is 0 Å². The average Bonchev–Trinajstić information content (AvgIpc) is 3.04. The summed E-state index contributed by atoms with van der Waals surface area (Å²) in [6.07, 6.45) is 2.40. The van der Waals surface area contributed by atoms with E-state index in [1.165, 1.54) is 17.1 Å². The summed E-state index contributed by atoms with van der Waals surface area (Å²) in [4.78, 5) is 2.28. The minimum Gasteiger partial charge on any atom is -0.326 e. The summed E-state index contributed by atoms with van der Waals surface area (Å²) in [5, 5.41) is 6.67. The molecule has 1 saturated heterocycles. The van der Waals surface area contributed by atoms with Crippen LogP contribution >= 0.6 is 0 Å². The van der Waals surface area contributed by atoms with Crippen molar-refractivity contribution in [2.24, 2.45) is 5.73 Å². The standard InChI is InChI=1S/C12H23N5O2S/c1-10-11(9-13)12(15-14-10)20(18,19)16(2)7-8-17-5-3-4-6-17/h3-9,13H2,1-2H3,(H,14,15). The van der Waals surface area contributed by atoms with Gasteiger partial charge in [0, 0.05) is 37.9 Å². The van der Waals surface area contributed by atoms with E-state index in [4.69, 9.17) is 5.73 Å². The Labute approximate surface area is 120 Å². The molecule has 20 heavy (non-hydrogen) atoms. The van der Waals surface area contributed by atoms with Crippen molar-refractivity contribution in [2.75, 3.05) is 33.2 Å². The zero-order valence-corrected chi connectivity index (χ0v) is 12.9. The fraction of sp³-hybridized carbons (Fsp3) is 0.750. The van der Waals surface area contributed by atoms with Crippen LogP contribution < -0.4 is 5.73 Å². The number of sulfonamides is 1. The Morgan fingerprint density at radius 1 is 1.40 bits per heavy atom. The Kier molecular flexibility index (Phi) is 4.79. The number of aromatic nitrogens is 2. The zero-order valence-electron chi connectivity index (χ0n) is 12.1. The number of hydrogen-bond acceptors (Lipinski definition) is 5. The Morgan fingerprint density at radius 2 is 2.05 bits per heavy atom. The molecule has 0 bridgehead atoms. The SMILES string of the molecule is Cc1[nH]nc(S(=O)(=O)N(C)CCN2CCCC2)c1CN. The second-order valence-electron chi connectivity index (χ2n) is 5.21. The highest BCUT2D eigenvalue weighted by molar-refractivity contribution is 7.89. The van der Waals surface area contributed by atoms with Crippen molar-refractivity contribution in [1.82, 2.24) is 19.4 Å². The number of likely N-dealkylation sites (tertiary alicyclic amines) is 1. The van der Waals surface area contributed by atoms with Gasteiger partial charge in [0.15, 0.2) is 5.03 Å². The minimum absolute atomic E-state index is 0.0569. The van der Waals surface area contributed by atoms with Gasteiger partial charge in [-0.1, -0.05) is 0 Å². The van der Waals surface area contributed by atoms with Crippen LogP contribution in [-0.4, -0.2) is 61.0 Å². The molecule has 1 aliphatic heterocycles. The molecule has 0 saturated carbocycles. The molecule has 114 valence electrons. The van der Waals surface area contributed by atoms with Gasteiger partial charge < -0.3 is 10.6 Å². The van der Waals surface area contributed by atoms with E-state index in [1.54, 1.807) is 14.0 Å². The van der Waals surface area contributed by atoms with Crippen molar-refractivity contribution >= 4 is 10.0 Å². The van der Waals surface area contributed by atoms with Gasteiger partial charge in [0.25, 0.3) is 10.0 Å². The van der Waals surface area contributed by atoms with Gasteiger partial charge in [-0.25, -0.2) is 8.42 Å². The van der Waals surface area contributed by atoms with Crippen LogP contribution in [0.4, 0.5) is 0 Å². The molecule has 1 fully saturated rings. The van der Waals surface area contributed by atoms with Crippen molar-refractivity contribution < 1.29 is 8.42 Å². The van der Waals surface area contributed by atoms with Gasteiger partial charge in [0.05, 0.1) is 0 Å². The second kappa shape index (κ2) is 6.21. The topological polar surface area (TPSA) is 95.3 Å². The summed E-state index contributed by atoms with van der Waals surface area (Å²) in [6, 6.07) is 0. The van der Waals surface area contributed by atoms with Crippen LogP contribution in [0.15, 0.2) is 5.03 Å². The van der Waals surface area contributed by atoms with Gasteiger partial charge in [-0.15, -0.1) is 0 Å². The monoisotopic (exact) mass is 301 g/mol. The molecule has 0 amide bonds. The van der Waals surface area contributed by atoms with Crippen LogP contribution in [-0.2, 0) is 16.6 Å². The lowest BCUT2D eigenvalue weighted by Crippen LogP contribution is -2.35. The van der Waals surface area contributed by atoms with E-state index in [1.807, 2.05) is 0 Å². The lowest BCUT2D eigenvalue weighted by Gasteiger charge is -2.20. The van der Waals surface area contributed by atoms with Gasteiger partial charge in [-0.3, -0.25) is 5.10 Å². The molecule has 0 unspecified atom stereocenters. The van der Waals surface area contributed by atoms with Crippen molar-refractivity contribution in [3.05, 3.63) is 11.3 Å². The summed E-state index contributed by atoms with van der Waals surface area (Å²) >= 11 is 0. The van der Waals surface area contributed by atoms with Gasteiger partial charge >= 0.3 is 0 Å². The third kappa shape index (κ3) is 3.03. The van der Waals surface area contributed by atoms with Gasteiger partial charge in [0.2, 0.25) is 0 Å². The highest BCUT2D eigenvalue weighted by Crippen LogP contribution is 2.19. The molecule has 3 N–H and O–H groups in total. The van der Waals surface area contributed by atoms with Gasteiger partial charge in [-0.05, 0) is 32.9 Å². The molecule has 1 aliphatic rings. The number of hydrogen-bond donors (Lipinski definition) is 2. The summed E-state index contributed by atoms with van der Waals surface area (Å²) in [5.41, 5.74) is 6.89. The van der Waals surface area contributed by atoms with Crippen molar-refractivity contribution in [3.8, 4) is 0 Å². The van der Waals surface area contributed by atoms with E-state index < -0.39 is 10.0 Å². The molecule has 0 aromatic carbocycles. The van der Waals surface area contributed by atoms with Crippen LogP contribution in [0.5, 0.6) is 0 Å². The van der Waals surface area contributed by atoms with Gasteiger partial charge in [-0.2, -0.15) is 9.40 Å². The normalized spacial score (nSPS) is 17.2. The molecule has 1 aromatic heterocycles. The number of nitrogens with zero attached hydrogens (tertiary/aromatic N) is 3. The first kappa shape index (κ1) is 15.4. The molecule has 0 radical (unpaired) electrons. The fourth-order valence-corrected chi connectivity index (χ4v) is 3.77. The van der Waals surface area contributed by atoms with Crippen LogP contribution in [0, 0.1) is 6.92 Å². The highest BCUT2D eigenvalue weighted by atomic mass is 32.2. The summed E-state index contributed by atoms with van der Waals surface area (Å²) < 4.78 is 26.4. The maximum absolute atomic E-state index is 12.5. The van der Waals surface area contributed by atoms with E-state index >= 15 is 0 Å². The minimum atomic E-state index is -3.57. The summed E-state index contributed by atoms with van der Waals surface area (Å²) in [5.74, 6) is 0. The Bertz CT molecular complexity index is 548. The predicted octanol–water partition coefficient (Wildman–Crippen LogP) is -0.107. The molecular weight excluding hydrogens is 278 g/mol. The molecule has 1 aromatic rings. The van der Waals surface area contributed by atoms with Crippen molar-refractivity contribution in [3.63, 3.8) is 0 Å². The maximum atomic E-state index is 12.5. The van der Waals surface area contributed by atoms with E-state index in [-0.39, 0.29) is 11.6 Å². The van der Waals surface area contributed by atoms with Crippen LogP contribution in [0.2, 0.25) is 0 Å². The highest BCUT2D eigenvalue weighted by Gasteiger charge is 2.28. The first-order chi connectivity index (χ1) is 9.46. The maximum Gasteiger partial charge on any atom is 0.262 e. The van der Waals surface area contributed by atoms with Crippen LogP contribution in [0.3, 0.4) is 0 Å². The largest absolute Gasteiger partial charge is 0.326 e. The van der Waals surface area contributed by atoms with E-state index in [2.05, 4.69) is 15.1 Å². The van der Waals surface area contributed by atoms with Crippen LogP contribution in [0.1, 0.15) is 24.1 Å². The number of likely N-dealkylation sites (N-methyl/N-ethyl adjacent to an activating group) is 1. The average molecular weight is 301 g/mol. The predicted molar refractivity (Wildman–Crippen MR) is 76.7 cm³/mol. The Balaban J connectivity index is 2.08. The summed E-state index contributed by atoms with van der Waals surface area (Å²) in [6.45, 7) is 5.29. The molecule has 2 heterocycles. The first-order valence-corrected chi connectivity index (χ1v) is 8.33. The quantitative estimate of drug-likeness (QED) is 0.764. The zero-order chi connectivity index (χ0) is 14.8. The molecule has 7 nitrogen and oxygen atoms in total. The Morgan fingerprint density at radius 3 is 2.65 bits per heavy atom. The Hall–Kier alpha value is -0.960. The van der Waals surface area contributed by atoms with E-state index in [9.17, 15) is 8.42 Å². The fourth-order valence-electron chi connectivity index (χ4n) is 2.44. The third-order valence-corrected chi connectivity index (χ3v) is 5.65. The first-order valence-electron chi connectivity index (χ1n) is 6.89. The molecule has 0 spiro atoms.